The second kappa shape index (κ2) is 9.23. The Morgan fingerprint density at radius 2 is 1.80 bits per heavy atom. The van der Waals surface area contributed by atoms with E-state index >= 15 is 0 Å². The summed E-state index contributed by atoms with van der Waals surface area (Å²) in [6.45, 7) is 3.39. The van der Waals surface area contributed by atoms with Crippen molar-refractivity contribution < 1.29 is 17.7 Å². The van der Waals surface area contributed by atoms with Gasteiger partial charge in [-0.25, -0.2) is 13.1 Å². The third kappa shape index (κ3) is 4.95. The molecule has 1 aromatic heterocycles. The lowest BCUT2D eigenvalue weighted by molar-refractivity contribution is -0.119. The van der Waals surface area contributed by atoms with Gasteiger partial charge in [-0.05, 0) is 24.6 Å². The van der Waals surface area contributed by atoms with Gasteiger partial charge in [0.2, 0.25) is 5.91 Å². The molecule has 1 unspecified atom stereocenters. The fourth-order valence-corrected chi connectivity index (χ4v) is 4.30. The number of nitrogens with zero attached hydrogens (tertiary/aromatic N) is 2. The van der Waals surface area contributed by atoms with Crippen LogP contribution < -0.4 is 4.72 Å². The van der Waals surface area contributed by atoms with Gasteiger partial charge in [0.25, 0.3) is 10.0 Å². The molecule has 0 fully saturated rings. The smallest absolute Gasteiger partial charge is 0.264 e. The standard InChI is InChI=1S/C20H19N3O5S2/c1-13(29-23-25)12-18(24)22-30(26,27)17-10-8-15(9-11-17)19-14(2)28-21-20(19)16-6-4-3-5-7-16/h3-11,13H,12H2,1-2H3,(H,22,24). The molecular formula is C20H19N3O5S2. The van der Waals surface area contributed by atoms with Crippen molar-refractivity contribution in [2.24, 2.45) is 4.58 Å². The predicted octanol–water partition coefficient (Wildman–Crippen LogP) is 4.32. The Morgan fingerprint density at radius 1 is 1.13 bits per heavy atom. The van der Waals surface area contributed by atoms with Crippen molar-refractivity contribution >= 4 is 27.9 Å². The minimum absolute atomic E-state index is 0.0520. The second-order valence-corrected chi connectivity index (χ2v) is 9.42. The summed E-state index contributed by atoms with van der Waals surface area (Å²) in [7, 11) is -4.03. The van der Waals surface area contributed by atoms with Gasteiger partial charge in [-0.2, -0.15) is 0 Å². The van der Waals surface area contributed by atoms with E-state index in [4.69, 9.17) is 4.52 Å². The zero-order valence-corrected chi connectivity index (χ0v) is 17.9. The van der Waals surface area contributed by atoms with Crippen molar-refractivity contribution in [3.05, 3.63) is 65.3 Å². The van der Waals surface area contributed by atoms with Gasteiger partial charge in [-0.1, -0.05) is 54.5 Å². The summed E-state index contributed by atoms with van der Waals surface area (Å²) in [6, 6.07) is 15.6. The van der Waals surface area contributed by atoms with Gasteiger partial charge >= 0.3 is 0 Å². The van der Waals surface area contributed by atoms with E-state index in [2.05, 4.69) is 9.74 Å². The van der Waals surface area contributed by atoms with Crippen LogP contribution in [0.4, 0.5) is 0 Å². The molecular weight excluding hydrogens is 426 g/mol. The number of benzene rings is 2. The van der Waals surface area contributed by atoms with Crippen LogP contribution >= 0.6 is 11.9 Å². The normalized spacial score (nSPS) is 12.3. The van der Waals surface area contributed by atoms with Gasteiger partial charge in [0.15, 0.2) is 0 Å². The van der Waals surface area contributed by atoms with Gasteiger partial charge in [0.1, 0.15) is 11.5 Å². The molecule has 2 aromatic carbocycles. The van der Waals surface area contributed by atoms with Crippen LogP contribution in [0.2, 0.25) is 0 Å². The molecule has 0 saturated heterocycles. The third-order valence-electron chi connectivity index (χ3n) is 4.31. The fourth-order valence-electron chi connectivity index (χ4n) is 2.93. The largest absolute Gasteiger partial charge is 0.360 e. The van der Waals surface area contributed by atoms with Crippen molar-refractivity contribution in [1.82, 2.24) is 9.88 Å². The number of aryl methyl sites for hydroxylation is 1. The van der Waals surface area contributed by atoms with Crippen LogP contribution in [0.5, 0.6) is 0 Å². The van der Waals surface area contributed by atoms with Crippen molar-refractivity contribution in [2.75, 3.05) is 0 Å². The van der Waals surface area contributed by atoms with E-state index in [0.717, 1.165) is 16.7 Å². The van der Waals surface area contributed by atoms with E-state index in [0.29, 0.717) is 23.4 Å². The quantitative estimate of drug-likeness (QED) is 0.405. The summed E-state index contributed by atoms with van der Waals surface area (Å²) in [5.41, 5.74) is 3.04. The lowest BCUT2D eigenvalue weighted by Gasteiger charge is -2.10. The van der Waals surface area contributed by atoms with Crippen LogP contribution in [-0.4, -0.2) is 24.7 Å². The molecule has 30 heavy (non-hydrogen) atoms. The Hall–Kier alpha value is -2.98. The number of aromatic nitrogens is 1. The van der Waals surface area contributed by atoms with Gasteiger partial charge in [-0.3, -0.25) is 4.79 Å². The van der Waals surface area contributed by atoms with Gasteiger partial charge < -0.3 is 4.52 Å². The molecule has 0 radical (unpaired) electrons. The first-order valence-corrected chi connectivity index (χ1v) is 11.3. The van der Waals surface area contributed by atoms with E-state index in [1.807, 2.05) is 35.1 Å². The van der Waals surface area contributed by atoms with Crippen molar-refractivity contribution in [3.8, 4) is 22.4 Å². The van der Waals surface area contributed by atoms with Crippen LogP contribution in [0.15, 0.2) is 68.6 Å². The molecule has 3 aromatic rings. The highest BCUT2D eigenvalue weighted by molar-refractivity contribution is 7.98. The molecule has 156 valence electrons. The molecule has 1 amide bonds. The minimum atomic E-state index is -4.03. The van der Waals surface area contributed by atoms with Gasteiger partial charge in [0.05, 0.1) is 10.5 Å². The Morgan fingerprint density at radius 3 is 2.43 bits per heavy atom. The number of nitroso groups, excluding NO2 is 1. The average molecular weight is 446 g/mol. The van der Waals surface area contributed by atoms with Crippen LogP contribution in [0.25, 0.3) is 22.4 Å². The van der Waals surface area contributed by atoms with Crippen LogP contribution in [0.1, 0.15) is 19.1 Å². The molecule has 0 saturated carbocycles. The molecule has 0 aliphatic heterocycles. The molecule has 3 rings (SSSR count). The summed E-state index contributed by atoms with van der Waals surface area (Å²) in [4.78, 5) is 22.1. The molecule has 1 atom stereocenters. The third-order valence-corrected chi connectivity index (χ3v) is 6.31. The number of sulfonamides is 1. The molecule has 0 spiro atoms. The number of rotatable bonds is 8. The highest BCUT2D eigenvalue weighted by atomic mass is 32.2. The summed E-state index contributed by atoms with van der Waals surface area (Å²) in [5.74, 6) is -0.1000. The monoisotopic (exact) mass is 445 g/mol. The zero-order chi connectivity index (χ0) is 21.7. The molecule has 0 bridgehead atoms. The van der Waals surface area contributed by atoms with Crippen molar-refractivity contribution in [1.29, 1.82) is 0 Å². The van der Waals surface area contributed by atoms with E-state index in [9.17, 15) is 18.1 Å². The summed E-state index contributed by atoms with van der Waals surface area (Å²) in [5, 5.41) is 3.71. The van der Waals surface area contributed by atoms with E-state index in [-0.39, 0.29) is 11.3 Å². The number of carbonyl (C=O) groups excluding carboxylic acids is 1. The molecule has 8 nitrogen and oxygen atoms in total. The first kappa shape index (κ1) is 21.7. The summed E-state index contributed by atoms with van der Waals surface area (Å²) in [6.07, 6.45) is -0.145. The van der Waals surface area contributed by atoms with E-state index in [1.54, 1.807) is 26.0 Å². The average Bonchev–Trinajstić information content (AvgIpc) is 3.10. The van der Waals surface area contributed by atoms with Crippen molar-refractivity contribution in [3.63, 3.8) is 0 Å². The number of hydrogen-bond donors (Lipinski definition) is 1. The maximum atomic E-state index is 12.5. The lowest BCUT2D eigenvalue weighted by atomic mass is 10.00. The summed E-state index contributed by atoms with van der Waals surface area (Å²) < 4.78 is 35.0. The number of amides is 1. The SMILES string of the molecule is Cc1onc(-c2ccccc2)c1-c1ccc(S(=O)(=O)NC(=O)CC(C)SN=O)cc1. The van der Waals surface area contributed by atoms with Gasteiger partial charge in [-0.15, -0.1) is 4.91 Å². The molecule has 1 heterocycles. The molecule has 1 N–H and O–H groups in total. The highest BCUT2D eigenvalue weighted by Crippen LogP contribution is 2.34. The Labute approximate surface area is 178 Å². The fraction of sp³-hybridized carbons (Fsp3) is 0.200. The first-order chi connectivity index (χ1) is 14.3. The van der Waals surface area contributed by atoms with E-state index < -0.39 is 21.2 Å². The lowest BCUT2D eigenvalue weighted by Crippen LogP contribution is -2.31. The Bertz CT molecular complexity index is 1140. The number of nitrogens with one attached hydrogen (secondary N) is 1. The number of hydrogen-bond acceptors (Lipinski definition) is 8. The summed E-state index contributed by atoms with van der Waals surface area (Å²) >= 11 is 0.682. The molecule has 10 heteroatoms. The second-order valence-electron chi connectivity index (χ2n) is 6.58. The van der Waals surface area contributed by atoms with Crippen molar-refractivity contribution in [2.45, 2.75) is 30.4 Å². The predicted molar refractivity (Wildman–Crippen MR) is 115 cm³/mol. The van der Waals surface area contributed by atoms with Crippen LogP contribution in [-0.2, 0) is 14.8 Å². The minimum Gasteiger partial charge on any atom is -0.360 e. The maximum Gasteiger partial charge on any atom is 0.264 e. The number of carbonyl (C=O) groups is 1. The van der Waals surface area contributed by atoms with Crippen LogP contribution in [0.3, 0.4) is 0 Å². The first-order valence-electron chi connectivity index (χ1n) is 8.98. The van der Waals surface area contributed by atoms with E-state index in [1.165, 1.54) is 12.1 Å². The molecule has 0 aliphatic rings. The zero-order valence-electron chi connectivity index (χ0n) is 16.2. The Kier molecular flexibility index (Phi) is 6.68. The highest BCUT2D eigenvalue weighted by Gasteiger charge is 2.21. The molecule has 0 aliphatic carbocycles. The Balaban J connectivity index is 1.83. The topological polar surface area (TPSA) is 119 Å². The van der Waals surface area contributed by atoms with Gasteiger partial charge in [0, 0.05) is 33.8 Å². The van der Waals surface area contributed by atoms with Crippen LogP contribution in [0, 0.1) is 11.8 Å². The maximum absolute atomic E-state index is 12.5.